The zero-order chi connectivity index (χ0) is 20.4. The third-order valence-electron chi connectivity index (χ3n) is 3.85. The van der Waals surface area contributed by atoms with E-state index in [0.717, 1.165) is 0 Å². The molecule has 150 valence electrons. The summed E-state index contributed by atoms with van der Waals surface area (Å²) in [6.07, 6.45) is -0.526. The summed E-state index contributed by atoms with van der Waals surface area (Å²) in [5, 5.41) is 25.3. The van der Waals surface area contributed by atoms with Crippen molar-refractivity contribution in [3.05, 3.63) is 0 Å². The lowest BCUT2D eigenvalue weighted by atomic mass is 9.98. The third kappa shape index (κ3) is 8.02. The van der Waals surface area contributed by atoms with Gasteiger partial charge in [0, 0.05) is 5.75 Å². The molecule has 0 aromatic rings. The van der Waals surface area contributed by atoms with Gasteiger partial charge in [-0.3, -0.25) is 14.4 Å². The number of hydrogen-bond acceptors (Lipinski definition) is 7. The minimum atomic E-state index is -1.23. The number of nitrogens with one attached hydrogen (secondary N) is 3. The van der Waals surface area contributed by atoms with Crippen molar-refractivity contribution < 1.29 is 29.4 Å². The first-order chi connectivity index (χ1) is 12.0. The van der Waals surface area contributed by atoms with Crippen LogP contribution < -0.4 is 21.7 Å². The highest BCUT2D eigenvalue weighted by atomic mass is 32.1. The van der Waals surface area contributed by atoms with E-state index in [9.17, 15) is 24.3 Å². The second kappa shape index (κ2) is 11.7. The zero-order valence-electron chi connectivity index (χ0n) is 15.1. The molecule has 0 radical (unpaired) electrons. The molecule has 0 aromatic carbocycles. The molecule has 0 saturated heterocycles. The number of nitrogens with two attached hydrogens (primary N) is 1. The van der Waals surface area contributed by atoms with Crippen LogP contribution in [0.5, 0.6) is 0 Å². The van der Waals surface area contributed by atoms with Crippen molar-refractivity contribution in [2.24, 2.45) is 11.7 Å². The molecule has 7 N–H and O–H groups in total. The highest BCUT2D eigenvalue weighted by molar-refractivity contribution is 7.80. The molecule has 10 nitrogen and oxygen atoms in total. The van der Waals surface area contributed by atoms with Crippen LogP contribution in [-0.4, -0.2) is 70.4 Å². The number of carboxylic acid groups (broad SMARTS) is 1. The number of amides is 3. The average molecular weight is 392 g/mol. The Hall–Kier alpha value is -1.85. The summed E-state index contributed by atoms with van der Waals surface area (Å²) < 4.78 is 0. The molecule has 11 heteroatoms. The molecule has 26 heavy (non-hydrogen) atoms. The van der Waals surface area contributed by atoms with E-state index >= 15 is 0 Å². The van der Waals surface area contributed by atoms with Gasteiger partial charge in [-0.15, -0.1) is 0 Å². The van der Waals surface area contributed by atoms with E-state index in [1.165, 1.54) is 6.92 Å². The van der Waals surface area contributed by atoms with Gasteiger partial charge in [0.25, 0.3) is 0 Å². The molecule has 0 aromatic heterocycles. The summed E-state index contributed by atoms with van der Waals surface area (Å²) >= 11 is 3.87. The number of thiol groups is 1. The molecule has 0 aliphatic carbocycles. The molecule has 0 spiro atoms. The number of aliphatic carboxylic acids is 1. The van der Waals surface area contributed by atoms with Gasteiger partial charge in [-0.25, -0.2) is 4.79 Å². The molecule has 5 unspecified atom stereocenters. The minimum Gasteiger partial charge on any atom is -0.480 e. The van der Waals surface area contributed by atoms with Gasteiger partial charge < -0.3 is 31.9 Å². The normalized spacial score (nSPS) is 16.5. The van der Waals surface area contributed by atoms with Gasteiger partial charge in [-0.1, -0.05) is 20.3 Å². The fourth-order valence-electron chi connectivity index (χ4n) is 1.88. The van der Waals surface area contributed by atoms with Gasteiger partial charge >= 0.3 is 5.97 Å². The van der Waals surface area contributed by atoms with Gasteiger partial charge in [0.2, 0.25) is 17.7 Å². The first-order valence-corrected chi connectivity index (χ1v) is 8.83. The van der Waals surface area contributed by atoms with Gasteiger partial charge in [0.1, 0.15) is 18.1 Å². The van der Waals surface area contributed by atoms with E-state index in [-0.39, 0.29) is 11.7 Å². The molecular weight excluding hydrogens is 364 g/mol. The molecule has 0 heterocycles. The fraction of sp³-hybridized carbons (Fsp3) is 0.733. The molecule has 0 rings (SSSR count). The number of rotatable bonds is 11. The summed E-state index contributed by atoms with van der Waals surface area (Å²) in [6.45, 7) is 4.44. The van der Waals surface area contributed by atoms with Crippen LogP contribution in [0.3, 0.4) is 0 Å². The van der Waals surface area contributed by atoms with Crippen LogP contribution in [0, 0.1) is 5.92 Å². The summed E-state index contributed by atoms with van der Waals surface area (Å²) in [4.78, 5) is 47.0. The maximum atomic E-state index is 12.3. The monoisotopic (exact) mass is 392 g/mol. The van der Waals surface area contributed by atoms with E-state index < -0.39 is 54.5 Å². The Morgan fingerprint density at radius 2 is 1.69 bits per heavy atom. The quantitative estimate of drug-likeness (QED) is 0.196. The smallest absolute Gasteiger partial charge is 0.327 e. The maximum Gasteiger partial charge on any atom is 0.327 e. The van der Waals surface area contributed by atoms with Crippen molar-refractivity contribution in [2.75, 3.05) is 12.3 Å². The summed E-state index contributed by atoms with van der Waals surface area (Å²) in [5.41, 5.74) is 5.44. The molecular formula is C15H28N4O6S. The number of carbonyl (C=O) groups is 4. The van der Waals surface area contributed by atoms with Crippen molar-refractivity contribution in [2.45, 2.75) is 51.4 Å². The van der Waals surface area contributed by atoms with Gasteiger partial charge in [-0.05, 0) is 12.8 Å². The van der Waals surface area contributed by atoms with E-state index in [1.807, 2.05) is 6.92 Å². The van der Waals surface area contributed by atoms with Crippen molar-refractivity contribution in [1.29, 1.82) is 0 Å². The summed E-state index contributed by atoms with van der Waals surface area (Å²) in [7, 11) is 0. The second-order valence-electron chi connectivity index (χ2n) is 6.00. The number of aliphatic hydroxyl groups is 1. The van der Waals surface area contributed by atoms with Crippen LogP contribution in [0.2, 0.25) is 0 Å². The molecule has 0 saturated carbocycles. The second-order valence-corrected chi connectivity index (χ2v) is 6.36. The van der Waals surface area contributed by atoms with Crippen molar-refractivity contribution in [3.63, 3.8) is 0 Å². The highest BCUT2D eigenvalue weighted by Crippen LogP contribution is 2.08. The lowest BCUT2D eigenvalue weighted by Crippen LogP contribution is -2.56. The average Bonchev–Trinajstić information content (AvgIpc) is 2.59. The van der Waals surface area contributed by atoms with Crippen LogP contribution in [0.4, 0.5) is 0 Å². The fourth-order valence-corrected chi connectivity index (χ4v) is 2.13. The van der Waals surface area contributed by atoms with E-state index in [4.69, 9.17) is 10.8 Å². The lowest BCUT2D eigenvalue weighted by Gasteiger charge is -2.25. The van der Waals surface area contributed by atoms with E-state index in [1.54, 1.807) is 6.92 Å². The largest absolute Gasteiger partial charge is 0.480 e. The number of aliphatic hydroxyl groups excluding tert-OH is 1. The maximum absolute atomic E-state index is 12.3. The summed E-state index contributed by atoms with van der Waals surface area (Å²) in [6, 6.07) is -3.34. The summed E-state index contributed by atoms with van der Waals surface area (Å²) in [5.74, 6) is -3.61. The van der Waals surface area contributed by atoms with Crippen molar-refractivity contribution in [1.82, 2.24) is 16.0 Å². The third-order valence-corrected chi connectivity index (χ3v) is 4.22. The Labute approximate surface area is 157 Å². The number of carboxylic acids is 1. The van der Waals surface area contributed by atoms with Gasteiger partial charge in [0.05, 0.1) is 12.6 Å². The standard InChI is InChI=1S/C15H28N4O6S/c1-4-7(2)12(14(23)18-9(6-26)15(24)25)19-10(21)5-17-13(22)11(16)8(3)20/h7-9,11-12,20,26H,4-6,16H2,1-3H3,(H,17,22)(H,18,23)(H,19,21)(H,24,25). The Morgan fingerprint density at radius 1 is 1.12 bits per heavy atom. The van der Waals surface area contributed by atoms with Crippen molar-refractivity contribution >= 4 is 36.3 Å². The number of carbonyl (C=O) groups excluding carboxylic acids is 3. The Balaban J connectivity index is 4.85. The van der Waals surface area contributed by atoms with Crippen LogP contribution in [0.25, 0.3) is 0 Å². The van der Waals surface area contributed by atoms with Crippen LogP contribution in [0.1, 0.15) is 27.2 Å². The Kier molecular flexibility index (Phi) is 10.9. The molecule has 0 aliphatic rings. The molecule has 3 amide bonds. The topological polar surface area (TPSA) is 171 Å². The van der Waals surface area contributed by atoms with Crippen LogP contribution >= 0.6 is 12.6 Å². The van der Waals surface area contributed by atoms with E-state index in [2.05, 4.69) is 28.6 Å². The predicted octanol–water partition coefficient (Wildman–Crippen LogP) is -2.16. The number of hydrogen-bond donors (Lipinski definition) is 7. The predicted molar refractivity (Wildman–Crippen MR) is 97.5 cm³/mol. The lowest BCUT2D eigenvalue weighted by molar-refractivity contribution is -0.141. The van der Waals surface area contributed by atoms with E-state index in [0.29, 0.717) is 6.42 Å². The molecule has 0 aliphatic heterocycles. The molecule has 0 fully saturated rings. The minimum absolute atomic E-state index is 0.102. The van der Waals surface area contributed by atoms with Gasteiger partial charge in [-0.2, -0.15) is 12.6 Å². The Bertz CT molecular complexity index is 516. The highest BCUT2D eigenvalue weighted by Gasteiger charge is 2.29. The van der Waals surface area contributed by atoms with Crippen LogP contribution in [0.15, 0.2) is 0 Å². The first-order valence-electron chi connectivity index (χ1n) is 8.19. The van der Waals surface area contributed by atoms with Crippen molar-refractivity contribution in [3.8, 4) is 0 Å². The Morgan fingerprint density at radius 3 is 2.12 bits per heavy atom. The molecule has 0 bridgehead atoms. The first kappa shape index (κ1) is 24.1. The van der Waals surface area contributed by atoms with Gasteiger partial charge in [0.15, 0.2) is 0 Å². The van der Waals surface area contributed by atoms with Crippen LogP contribution in [-0.2, 0) is 19.2 Å². The SMILES string of the molecule is CCC(C)C(NC(=O)CNC(=O)C(N)C(C)O)C(=O)NC(CS)C(=O)O. The molecule has 5 atom stereocenters. The zero-order valence-corrected chi connectivity index (χ0v) is 16.0.